The molecular formula is C79H78Cl10N9O16PS. The van der Waals surface area contributed by atoms with Crippen molar-refractivity contribution in [1.82, 2.24) is 4.98 Å². The predicted octanol–water partition coefficient (Wildman–Crippen LogP) is 20.1. The highest BCUT2D eigenvalue weighted by molar-refractivity contribution is 8.24. The Balaban J connectivity index is 0.000000246. The molecule has 1 aromatic heterocycles. The fraction of sp³-hybridized carbons (Fsp3) is 0.190. The number of aliphatic hydroxyl groups excluding tert-OH is 1. The zero-order chi connectivity index (χ0) is 85.6. The number of anilines is 7. The summed E-state index contributed by atoms with van der Waals surface area (Å²) in [7, 11) is -1.02. The number of hydrogen-bond donors (Lipinski definition) is 8. The molecule has 5 aliphatic heterocycles. The van der Waals surface area contributed by atoms with Crippen LogP contribution in [0.25, 0.3) is 10.9 Å². The molecule has 25 nitrogen and oxygen atoms in total. The summed E-state index contributed by atoms with van der Waals surface area (Å²) in [5, 5.41) is 26.4. The normalized spacial score (nSPS) is 14.9. The summed E-state index contributed by atoms with van der Waals surface area (Å²) in [5.41, 5.74) is 18.0. The van der Waals surface area contributed by atoms with E-state index < -0.39 is 39.1 Å². The standard InChI is InChI=1S/C18H17ClN2O2.C17H13ClN2O2.C17H13ClN2O.C10H11NO.C8H8ClNO2.C7H6ClNO2.CH2Cl2.CH4O.Cl3OP.H2O4S.H2/c1-23-18(22)15-12-13(19)9-10-16(15)20-17-8-5-11-21(17)14-6-3-2-4-7-14;18-11-6-7-14-13(10-11)15(21)17(22)8-9-20(16(17)19-14)12-4-2-1-3-5-12;18-11-6-7-15-14(10-11)16(21)13-8-9-20(17(13)19-15)12-4-2-1-3-5-12;12-10-7-4-8-11(10)9-5-2-1-3-6-9;1-12-8(11)6-4-5(9)2-3-7(6)10;8-4-1-2-6(9)5(3-4)7(10)11;2-1-3;1-2;2*1-5(2,3)4;/h2-4,6-7,9-10,12H,5,8,11H2,1H3;1-7,10,22H,8-9H2;1-7,10H,8-9H2,(H,19,21);1-3,5-6H,4,7-8H2;2-4H,10H2,1H3;1-3H,9H2,(H,10,11);1H2;2H,1H3;;(H2,1,2,3,4);1H/t;17-;;;;;;;;;/m.1........./s1. The van der Waals surface area contributed by atoms with Crippen molar-refractivity contribution in [3.8, 4) is 0 Å². The number of aromatic carboxylic acids is 1. The molecule has 10 aromatic rings. The highest BCUT2D eigenvalue weighted by Gasteiger charge is 2.52. The number of aliphatic imine (C=N–C) groups is 2. The number of nitrogen functional groups attached to an aromatic ring is 2. The molecule has 37 heteroatoms. The van der Waals surface area contributed by atoms with Crippen molar-refractivity contribution < 1.29 is 72.3 Å². The molecule has 0 unspecified atom stereocenters. The van der Waals surface area contributed by atoms with Gasteiger partial charge in [-0.05, 0) is 193 Å². The molecule has 0 aliphatic carbocycles. The molecule has 616 valence electrons. The van der Waals surface area contributed by atoms with Crippen LogP contribution in [0.3, 0.4) is 0 Å². The number of carboxylic acid groups (broad SMARTS) is 1. The van der Waals surface area contributed by atoms with E-state index >= 15 is 0 Å². The number of fused-ring (bicyclic) bond motifs is 4. The number of aliphatic hydroxyl groups is 2. The van der Waals surface area contributed by atoms with Gasteiger partial charge >= 0.3 is 33.5 Å². The first-order valence-corrected chi connectivity index (χ1v) is 43.0. The van der Waals surface area contributed by atoms with E-state index in [0.717, 1.165) is 97.9 Å². The molecule has 1 amide bonds. The Morgan fingerprint density at radius 2 is 0.983 bits per heavy atom. The number of ketones is 1. The number of hydrogen-bond acceptors (Lipinski definition) is 19. The Bertz CT molecular complexity index is 5340. The van der Waals surface area contributed by atoms with Gasteiger partial charge in [0.15, 0.2) is 11.0 Å². The number of amides is 1. The summed E-state index contributed by atoms with van der Waals surface area (Å²) in [4.78, 5) is 90.8. The van der Waals surface area contributed by atoms with Gasteiger partial charge in [-0.15, -0.1) is 23.2 Å². The second-order valence-corrected chi connectivity index (χ2v) is 34.7. The maximum Gasteiger partial charge on any atom is 0.394 e. The minimum Gasteiger partial charge on any atom is -0.478 e. The summed E-state index contributed by atoms with van der Waals surface area (Å²) in [6.07, 6.45) is 4.68. The number of nitrogens with one attached hydrogen (secondary N) is 1. The summed E-state index contributed by atoms with van der Waals surface area (Å²) in [6.45, 7) is 3.16. The first kappa shape index (κ1) is 95.8. The van der Waals surface area contributed by atoms with Gasteiger partial charge in [0.1, 0.15) is 17.5 Å². The number of carbonyl (C=O) groups is 5. The molecule has 0 radical (unpaired) electrons. The van der Waals surface area contributed by atoms with Crippen molar-refractivity contribution in [2.45, 2.75) is 44.1 Å². The van der Waals surface area contributed by atoms with Crippen LogP contribution < -0.4 is 36.5 Å². The number of halogens is 10. The SMILES string of the molecule is CO.COC(=O)c1cc(Cl)ccc1N.COC(=O)c1cc(Cl)ccc1N=C1CCCN1c1ccccc1.ClCCl.Nc1ccc(Cl)cc1C(=O)O.O=C1CCCN1c1ccccc1.O=C1c2cc(Cl)ccc2N=C2N(c3ccccc3)CC[C@@]12O.O=P(Cl)(Cl)Cl.O=S(=O)(O)O.O=c1c2c([nH]c3ccc(Cl)cc13)N(c1ccccc1)CC2.[HH]. The van der Waals surface area contributed by atoms with Crippen LogP contribution in [-0.2, 0) is 35.7 Å². The Morgan fingerprint density at radius 3 is 1.47 bits per heavy atom. The van der Waals surface area contributed by atoms with Crippen molar-refractivity contribution >= 4 is 234 Å². The molecule has 0 saturated carbocycles. The molecule has 3 fully saturated rings. The number of ether oxygens (including phenoxy) is 2. The van der Waals surface area contributed by atoms with Gasteiger partial charge in [-0.1, -0.05) is 131 Å². The molecule has 6 heterocycles. The van der Waals surface area contributed by atoms with E-state index in [9.17, 15) is 38.4 Å². The van der Waals surface area contributed by atoms with Crippen LogP contribution in [0.4, 0.5) is 51.3 Å². The topological polar surface area (TPSA) is 379 Å². The molecule has 116 heavy (non-hydrogen) atoms. The molecule has 1 atom stereocenters. The van der Waals surface area contributed by atoms with Crippen molar-refractivity contribution in [2.75, 3.05) is 83.9 Å². The van der Waals surface area contributed by atoms with Gasteiger partial charge in [0.25, 0.3) is 0 Å². The van der Waals surface area contributed by atoms with Gasteiger partial charge in [-0.3, -0.25) is 28.1 Å². The van der Waals surface area contributed by atoms with E-state index in [1.807, 2.05) is 113 Å². The lowest BCUT2D eigenvalue weighted by molar-refractivity contribution is -0.117. The Hall–Kier alpha value is -9.00. The predicted molar refractivity (Wildman–Crippen MR) is 470 cm³/mol. The summed E-state index contributed by atoms with van der Waals surface area (Å²) in [5.74, 6) is 0.203. The van der Waals surface area contributed by atoms with E-state index in [4.69, 9.17) is 130 Å². The van der Waals surface area contributed by atoms with Crippen LogP contribution in [0, 0.1) is 0 Å². The van der Waals surface area contributed by atoms with Crippen LogP contribution in [0.1, 0.15) is 80.5 Å². The Kier molecular flexibility index (Phi) is 38.2. The fourth-order valence-electron chi connectivity index (χ4n) is 11.8. The van der Waals surface area contributed by atoms with E-state index in [0.29, 0.717) is 89.5 Å². The smallest absolute Gasteiger partial charge is 0.394 e. The van der Waals surface area contributed by atoms with Gasteiger partial charge < -0.3 is 60.8 Å². The highest BCUT2D eigenvalue weighted by atomic mass is 36.0. The molecule has 15 rings (SSSR count). The number of aromatic nitrogens is 1. The van der Waals surface area contributed by atoms with Crippen LogP contribution in [-0.4, -0.2) is 138 Å². The molecule has 3 saturated heterocycles. The lowest BCUT2D eigenvalue weighted by Gasteiger charge is -2.29. The quantitative estimate of drug-likeness (QED) is 0.0230. The number of nitrogens with zero attached hydrogens (tertiary/aromatic N) is 6. The second kappa shape index (κ2) is 46.2. The number of carboxylic acids is 1. The highest BCUT2D eigenvalue weighted by Crippen LogP contribution is 2.61. The van der Waals surface area contributed by atoms with Crippen molar-refractivity contribution in [1.29, 1.82) is 0 Å². The molecule has 0 bridgehead atoms. The van der Waals surface area contributed by atoms with E-state index in [1.165, 1.54) is 32.4 Å². The van der Waals surface area contributed by atoms with E-state index in [1.54, 1.807) is 66.7 Å². The summed E-state index contributed by atoms with van der Waals surface area (Å²) in [6, 6.07) is 64.2. The van der Waals surface area contributed by atoms with Crippen LogP contribution in [0.5, 0.6) is 0 Å². The molecule has 9 aromatic carbocycles. The van der Waals surface area contributed by atoms with Gasteiger partial charge in [-0.25, -0.2) is 24.4 Å². The van der Waals surface area contributed by atoms with E-state index in [2.05, 4.69) is 82.5 Å². The summed E-state index contributed by atoms with van der Waals surface area (Å²) >= 11 is 52.5. The lowest BCUT2D eigenvalue weighted by Crippen LogP contribution is -2.48. The van der Waals surface area contributed by atoms with E-state index in [-0.39, 0.29) is 35.1 Å². The Morgan fingerprint density at radius 1 is 0.569 bits per heavy atom. The maximum absolute atomic E-state index is 12.7. The number of pyridine rings is 1. The van der Waals surface area contributed by atoms with Crippen LogP contribution >= 0.6 is 120 Å². The second-order valence-electron chi connectivity index (χ2n) is 24.2. The first-order valence-electron chi connectivity index (χ1n) is 34.2. The zero-order valence-electron chi connectivity index (χ0n) is 61.7. The number of carbonyl (C=O) groups excluding carboxylic acids is 4. The third kappa shape index (κ3) is 28.7. The third-order valence-corrected chi connectivity index (χ3v) is 17.9. The largest absolute Gasteiger partial charge is 0.478 e. The van der Waals surface area contributed by atoms with Gasteiger partial charge in [0, 0.05) is 130 Å². The number of amidine groups is 2. The molecule has 10 N–H and O–H groups in total. The third-order valence-electron chi connectivity index (χ3n) is 16.7. The minimum absolute atomic E-state index is 0. The van der Waals surface area contributed by atoms with Crippen molar-refractivity contribution in [3.63, 3.8) is 0 Å². The molecular weight excluding hydrogens is 1750 g/mol. The van der Waals surface area contributed by atoms with Crippen molar-refractivity contribution in [3.05, 3.63) is 275 Å². The number of rotatable bonds is 8. The summed E-state index contributed by atoms with van der Waals surface area (Å²) < 4.78 is 50.4. The maximum atomic E-state index is 12.7. The number of esters is 2. The van der Waals surface area contributed by atoms with Crippen LogP contribution in [0.2, 0.25) is 25.1 Å². The number of nitrogens with two attached hydrogens (primary N) is 2. The van der Waals surface area contributed by atoms with Gasteiger partial charge in [0.2, 0.25) is 11.7 Å². The van der Waals surface area contributed by atoms with Gasteiger partial charge in [0.05, 0.1) is 53.1 Å². The number of benzene rings is 9. The number of Topliss-reactive ketones (excluding diaryl/α,β-unsaturated/α-hetero) is 1. The number of methoxy groups -OCH3 is 2. The Labute approximate surface area is 719 Å². The fourth-order valence-corrected chi connectivity index (χ4v) is 12.6. The number of para-hydroxylation sites is 4. The number of H-pyrrole nitrogens is 1. The number of aromatic amines is 1. The average Bonchev–Trinajstić information content (AvgIpc) is 1.61. The van der Waals surface area contributed by atoms with Crippen molar-refractivity contribution in [2.24, 2.45) is 9.98 Å². The zero-order valence-corrected chi connectivity index (χ0v) is 71.0. The average molecular weight is 1830 g/mol. The number of alkyl halides is 2. The molecule has 0 spiro atoms. The van der Waals surface area contributed by atoms with Crippen LogP contribution in [0.15, 0.2) is 227 Å². The van der Waals surface area contributed by atoms with Gasteiger partial charge in [-0.2, -0.15) is 8.42 Å². The minimum atomic E-state index is -4.67. The molecule has 5 aliphatic rings. The first-order chi connectivity index (χ1) is 55.1. The lowest BCUT2D eigenvalue weighted by atomic mass is 9.88. The monoisotopic (exact) mass is 1820 g/mol.